The third-order valence-corrected chi connectivity index (χ3v) is 3.28. The first-order chi connectivity index (χ1) is 9.23. The largest absolute Gasteiger partial charge is 0.395 e. The van der Waals surface area contributed by atoms with Gasteiger partial charge < -0.3 is 4.84 Å². The quantitative estimate of drug-likeness (QED) is 0.762. The van der Waals surface area contributed by atoms with Gasteiger partial charge in [0.25, 0.3) is 0 Å². The molecule has 1 heterocycles. The number of hydrogen-bond donors (Lipinski definition) is 2. The van der Waals surface area contributed by atoms with Crippen LogP contribution in [0.3, 0.4) is 0 Å². The Morgan fingerprint density at radius 3 is 2.67 bits per heavy atom. The van der Waals surface area contributed by atoms with Gasteiger partial charge in [0.15, 0.2) is 12.6 Å². The highest BCUT2D eigenvalue weighted by molar-refractivity contribution is 7.84. The summed E-state index contributed by atoms with van der Waals surface area (Å²) in [6.45, 7) is -1.23. The fourth-order valence-corrected chi connectivity index (χ4v) is 1.48. The van der Waals surface area contributed by atoms with Crippen molar-refractivity contribution in [1.29, 1.82) is 0 Å². The van der Waals surface area contributed by atoms with Crippen molar-refractivity contribution in [2.75, 3.05) is 0 Å². The van der Waals surface area contributed by atoms with Gasteiger partial charge in [0.2, 0.25) is 0 Å². The fraction of sp³-hybridized carbons (Fsp3) is 0.889. The molecule has 1 aliphatic rings. The van der Waals surface area contributed by atoms with Crippen LogP contribution in [0.25, 0.3) is 0 Å². The van der Waals surface area contributed by atoms with Crippen LogP contribution in [-0.2, 0) is 15.8 Å². The van der Waals surface area contributed by atoms with Gasteiger partial charge in [-0.2, -0.15) is 0 Å². The van der Waals surface area contributed by atoms with Crippen molar-refractivity contribution in [1.82, 2.24) is 10.2 Å². The standard InChI is InChI=1S/C9H19N3O2S/c1-8(2,3)15(13)12-9(4,5)7-10-6-14-11-7/h6-7,11-12H,1-5H3/t7?,15-/m1/s1/i4D3,5D3. The maximum atomic E-state index is 12.3. The van der Waals surface area contributed by atoms with Gasteiger partial charge in [0, 0.05) is 8.22 Å². The minimum atomic E-state index is -3.01. The molecular formula is C9H19N3O2S. The first-order valence-electron chi connectivity index (χ1n) is 7.36. The molecule has 0 amide bonds. The Hall–Kier alpha value is -0.460. The first kappa shape index (κ1) is 6.32. The van der Waals surface area contributed by atoms with E-state index in [-0.39, 0.29) is 0 Å². The molecule has 15 heavy (non-hydrogen) atoms. The second-order valence-electron chi connectivity index (χ2n) is 4.18. The van der Waals surface area contributed by atoms with E-state index in [1.807, 2.05) is 0 Å². The summed E-state index contributed by atoms with van der Waals surface area (Å²) in [7, 11) is -1.94. The lowest BCUT2D eigenvalue weighted by Crippen LogP contribution is -2.56. The highest BCUT2D eigenvalue weighted by atomic mass is 32.2. The van der Waals surface area contributed by atoms with Gasteiger partial charge in [-0.05, 0) is 34.5 Å². The highest BCUT2D eigenvalue weighted by Gasteiger charge is 2.35. The maximum absolute atomic E-state index is 12.3. The fourth-order valence-electron chi connectivity index (χ4n) is 0.772. The lowest BCUT2D eigenvalue weighted by atomic mass is 10.0. The van der Waals surface area contributed by atoms with Crippen molar-refractivity contribution in [2.45, 2.75) is 50.9 Å². The third-order valence-electron chi connectivity index (χ3n) is 1.66. The summed E-state index contributed by atoms with van der Waals surface area (Å²) in [5, 5.41) is 0. The van der Waals surface area contributed by atoms with Gasteiger partial charge >= 0.3 is 0 Å². The molecule has 2 N–H and O–H groups in total. The predicted molar refractivity (Wildman–Crippen MR) is 61.6 cm³/mol. The van der Waals surface area contributed by atoms with Crippen LogP contribution in [0, 0.1) is 0 Å². The topological polar surface area (TPSA) is 62.7 Å². The minimum Gasteiger partial charge on any atom is -0.395 e. The van der Waals surface area contributed by atoms with E-state index < -0.39 is 41.1 Å². The van der Waals surface area contributed by atoms with Gasteiger partial charge in [-0.25, -0.2) is 13.9 Å². The van der Waals surface area contributed by atoms with Gasteiger partial charge in [0.05, 0.1) is 21.3 Å². The SMILES string of the molecule is [2H]C([2H])([2H])C(N[S@](=O)C(C)(C)C)(C1N=CON1)C([2H])([2H])[2H]. The van der Waals surface area contributed by atoms with E-state index >= 15 is 0 Å². The Morgan fingerprint density at radius 2 is 2.27 bits per heavy atom. The molecule has 0 saturated heterocycles. The molecule has 0 spiro atoms. The van der Waals surface area contributed by atoms with Crippen LogP contribution in [0.5, 0.6) is 0 Å². The molecule has 0 saturated carbocycles. The van der Waals surface area contributed by atoms with E-state index in [1.54, 1.807) is 20.8 Å². The van der Waals surface area contributed by atoms with E-state index in [9.17, 15) is 4.21 Å². The van der Waals surface area contributed by atoms with Crippen LogP contribution in [-0.4, -0.2) is 27.1 Å². The van der Waals surface area contributed by atoms with Crippen molar-refractivity contribution in [3.63, 3.8) is 0 Å². The zero-order valence-electron chi connectivity index (χ0n) is 14.8. The average Bonchev–Trinajstić information content (AvgIpc) is 2.73. The van der Waals surface area contributed by atoms with E-state index in [0.29, 0.717) is 0 Å². The molecule has 0 aromatic heterocycles. The molecular weight excluding hydrogens is 214 g/mol. The van der Waals surface area contributed by atoms with Crippen molar-refractivity contribution >= 4 is 17.4 Å². The summed E-state index contributed by atoms with van der Waals surface area (Å²) >= 11 is 0. The Bertz CT molecular complexity index is 428. The maximum Gasteiger partial charge on any atom is 0.198 e. The molecule has 1 unspecified atom stereocenters. The molecule has 2 atom stereocenters. The summed E-state index contributed by atoms with van der Waals surface area (Å²) in [6.07, 6.45) is -0.512. The highest BCUT2D eigenvalue weighted by Crippen LogP contribution is 2.17. The summed E-state index contributed by atoms with van der Waals surface area (Å²) < 4.78 is 59.7. The molecule has 5 nitrogen and oxygen atoms in total. The minimum absolute atomic E-state index is 0.856. The Balaban J connectivity index is 3.39. The van der Waals surface area contributed by atoms with Crippen molar-refractivity contribution in [3.8, 4) is 0 Å². The molecule has 6 heteroatoms. The first-order valence-corrected chi connectivity index (χ1v) is 5.51. The van der Waals surface area contributed by atoms with E-state index in [4.69, 9.17) is 8.22 Å². The van der Waals surface area contributed by atoms with Gasteiger partial charge in [0.1, 0.15) is 0 Å². The predicted octanol–water partition coefficient (Wildman–Crippen LogP) is 0.706. The summed E-state index contributed by atoms with van der Waals surface area (Å²) in [5.74, 6) is 0. The smallest absolute Gasteiger partial charge is 0.198 e. The zero-order valence-corrected chi connectivity index (χ0v) is 9.64. The number of hydroxylamine groups is 1. The van der Waals surface area contributed by atoms with Crippen molar-refractivity contribution in [3.05, 3.63) is 0 Å². The zero-order chi connectivity index (χ0) is 16.7. The molecule has 1 rings (SSSR count). The van der Waals surface area contributed by atoms with Crippen LogP contribution in [0.15, 0.2) is 4.99 Å². The number of nitrogens with one attached hydrogen (secondary N) is 2. The normalized spacial score (nSPS) is 31.5. The van der Waals surface area contributed by atoms with Gasteiger partial charge in [-0.15, -0.1) is 5.48 Å². The summed E-state index contributed by atoms with van der Waals surface area (Å²) in [4.78, 5) is 8.34. The lowest BCUT2D eigenvalue weighted by Gasteiger charge is -2.32. The number of aliphatic imine (C=N–C) groups is 1. The monoisotopic (exact) mass is 239 g/mol. The number of hydrogen-bond acceptors (Lipinski definition) is 4. The van der Waals surface area contributed by atoms with Crippen LogP contribution >= 0.6 is 0 Å². The van der Waals surface area contributed by atoms with Crippen molar-refractivity contribution < 1.29 is 17.3 Å². The molecule has 0 fully saturated rings. The molecule has 1 aliphatic heterocycles. The second kappa shape index (κ2) is 4.19. The number of rotatable bonds is 3. The van der Waals surface area contributed by atoms with Crippen LogP contribution in [0.1, 0.15) is 42.7 Å². The van der Waals surface area contributed by atoms with Crippen LogP contribution < -0.4 is 10.2 Å². The Morgan fingerprint density at radius 1 is 1.60 bits per heavy atom. The Kier molecular flexibility index (Phi) is 1.77. The van der Waals surface area contributed by atoms with E-state index in [0.717, 1.165) is 6.40 Å². The second-order valence-corrected chi connectivity index (χ2v) is 6.15. The lowest BCUT2D eigenvalue weighted by molar-refractivity contribution is 0.148. The Labute approximate surface area is 102 Å². The molecule has 0 aromatic rings. The summed E-state index contributed by atoms with van der Waals surface area (Å²) in [6, 6.07) is 0. The molecule has 0 bridgehead atoms. The van der Waals surface area contributed by atoms with E-state index in [1.165, 1.54) is 0 Å². The van der Waals surface area contributed by atoms with Gasteiger partial charge in [-0.1, -0.05) is 0 Å². The average molecular weight is 239 g/mol. The van der Waals surface area contributed by atoms with E-state index in [2.05, 4.69) is 20.0 Å². The van der Waals surface area contributed by atoms with Crippen molar-refractivity contribution in [2.24, 2.45) is 4.99 Å². The molecule has 0 radical (unpaired) electrons. The number of nitrogens with zero attached hydrogens (tertiary/aromatic N) is 1. The molecule has 0 aliphatic carbocycles. The summed E-state index contributed by atoms with van der Waals surface area (Å²) in [5.41, 5.74) is -0.322. The van der Waals surface area contributed by atoms with Gasteiger partial charge in [-0.3, -0.25) is 0 Å². The molecule has 88 valence electrons. The molecule has 0 aromatic carbocycles. The third kappa shape index (κ3) is 3.25. The van der Waals surface area contributed by atoms with Crippen LogP contribution in [0.2, 0.25) is 0 Å². The van der Waals surface area contributed by atoms with Crippen LogP contribution in [0.4, 0.5) is 0 Å².